The summed E-state index contributed by atoms with van der Waals surface area (Å²) in [6.07, 6.45) is 5.94. The van der Waals surface area contributed by atoms with Gasteiger partial charge in [-0.1, -0.05) is 12.1 Å². The fourth-order valence-electron chi connectivity index (χ4n) is 3.24. The van der Waals surface area contributed by atoms with E-state index >= 15 is 0 Å². The largest absolute Gasteiger partial charge is 0.314 e. The predicted molar refractivity (Wildman–Crippen MR) is 75.6 cm³/mol. The highest BCUT2D eigenvalue weighted by atomic mass is 19.1. The van der Waals surface area contributed by atoms with Crippen LogP contribution in [0.15, 0.2) is 18.2 Å². The van der Waals surface area contributed by atoms with Gasteiger partial charge in [0.25, 0.3) is 0 Å². The van der Waals surface area contributed by atoms with Gasteiger partial charge in [-0.05, 0) is 63.4 Å². The first kappa shape index (κ1) is 13.1. The molecule has 2 heterocycles. The molecule has 104 valence electrons. The zero-order valence-corrected chi connectivity index (χ0v) is 11.5. The SMILES string of the molecule is Fc1cc(CC2CCCN2)ccc1CN1CCCC1. The van der Waals surface area contributed by atoms with E-state index in [1.165, 1.54) is 25.7 Å². The Hall–Kier alpha value is -0.930. The molecule has 2 aliphatic heterocycles. The Morgan fingerprint density at radius 1 is 1.21 bits per heavy atom. The van der Waals surface area contributed by atoms with Crippen molar-refractivity contribution in [3.05, 3.63) is 35.1 Å². The minimum absolute atomic E-state index is 0.0256. The summed E-state index contributed by atoms with van der Waals surface area (Å²) in [5, 5.41) is 3.47. The van der Waals surface area contributed by atoms with Crippen LogP contribution >= 0.6 is 0 Å². The van der Waals surface area contributed by atoms with Crippen molar-refractivity contribution in [2.45, 2.75) is 44.7 Å². The van der Waals surface area contributed by atoms with Crippen molar-refractivity contribution in [3.8, 4) is 0 Å². The third-order valence-corrected chi connectivity index (χ3v) is 4.35. The number of benzene rings is 1. The van der Waals surface area contributed by atoms with Crippen molar-refractivity contribution in [1.82, 2.24) is 10.2 Å². The molecule has 1 unspecified atom stereocenters. The van der Waals surface area contributed by atoms with Gasteiger partial charge < -0.3 is 5.32 Å². The van der Waals surface area contributed by atoms with Crippen molar-refractivity contribution in [2.75, 3.05) is 19.6 Å². The molecular formula is C16H23FN2. The lowest BCUT2D eigenvalue weighted by Gasteiger charge is -2.16. The second-order valence-electron chi connectivity index (χ2n) is 5.91. The molecule has 0 aromatic heterocycles. The van der Waals surface area contributed by atoms with E-state index in [-0.39, 0.29) is 5.82 Å². The zero-order valence-electron chi connectivity index (χ0n) is 11.5. The Morgan fingerprint density at radius 3 is 2.74 bits per heavy atom. The molecule has 19 heavy (non-hydrogen) atoms. The highest BCUT2D eigenvalue weighted by Gasteiger charge is 2.17. The molecule has 2 nitrogen and oxygen atoms in total. The van der Waals surface area contributed by atoms with Gasteiger partial charge in [0.05, 0.1) is 0 Å². The number of rotatable bonds is 4. The summed E-state index contributed by atoms with van der Waals surface area (Å²) < 4.78 is 14.1. The Morgan fingerprint density at radius 2 is 2.05 bits per heavy atom. The molecule has 0 saturated carbocycles. The normalized spacial score (nSPS) is 24.2. The number of hydrogen-bond donors (Lipinski definition) is 1. The topological polar surface area (TPSA) is 15.3 Å². The highest BCUT2D eigenvalue weighted by Crippen LogP contribution is 2.18. The van der Waals surface area contributed by atoms with Crippen molar-refractivity contribution in [1.29, 1.82) is 0 Å². The minimum Gasteiger partial charge on any atom is -0.314 e. The van der Waals surface area contributed by atoms with Crippen LogP contribution in [-0.4, -0.2) is 30.6 Å². The first-order valence-corrected chi connectivity index (χ1v) is 7.54. The van der Waals surface area contributed by atoms with Crippen molar-refractivity contribution in [2.24, 2.45) is 0 Å². The second kappa shape index (κ2) is 6.02. The first-order valence-electron chi connectivity index (χ1n) is 7.54. The molecule has 2 fully saturated rings. The van der Waals surface area contributed by atoms with Crippen molar-refractivity contribution < 1.29 is 4.39 Å². The first-order chi connectivity index (χ1) is 9.31. The fourth-order valence-corrected chi connectivity index (χ4v) is 3.24. The monoisotopic (exact) mass is 262 g/mol. The number of halogens is 1. The third kappa shape index (κ3) is 3.34. The quantitative estimate of drug-likeness (QED) is 0.897. The molecule has 3 heteroatoms. The molecular weight excluding hydrogens is 239 g/mol. The van der Waals surface area contributed by atoms with Crippen LogP contribution < -0.4 is 5.32 Å². The lowest BCUT2D eigenvalue weighted by atomic mass is 10.0. The van der Waals surface area contributed by atoms with Crippen LogP contribution in [0.3, 0.4) is 0 Å². The van der Waals surface area contributed by atoms with Crippen LogP contribution in [0.5, 0.6) is 0 Å². The van der Waals surface area contributed by atoms with Gasteiger partial charge in [0.15, 0.2) is 0 Å². The number of nitrogens with one attached hydrogen (secondary N) is 1. The highest BCUT2D eigenvalue weighted by molar-refractivity contribution is 5.25. The van der Waals surface area contributed by atoms with Crippen molar-refractivity contribution >= 4 is 0 Å². The molecule has 3 rings (SSSR count). The van der Waals surface area contributed by atoms with E-state index in [9.17, 15) is 4.39 Å². The molecule has 1 aromatic rings. The number of hydrogen-bond acceptors (Lipinski definition) is 2. The van der Waals surface area contributed by atoms with Gasteiger partial charge in [-0.15, -0.1) is 0 Å². The Bertz CT molecular complexity index is 421. The van der Waals surface area contributed by atoms with E-state index in [0.29, 0.717) is 6.04 Å². The van der Waals surface area contributed by atoms with E-state index in [1.54, 1.807) is 6.07 Å². The van der Waals surface area contributed by atoms with Gasteiger partial charge in [-0.2, -0.15) is 0 Å². The molecule has 1 atom stereocenters. The Kier molecular flexibility index (Phi) is 4.14. The van der Waals surface area contributed by atoms with Gasteiger partial charge in [0.1, 0.15) is 5.82 Å². The molecule has 0 radical (unpaired) electrons. The Balaban J connectivity index is 1.63. The maximum absolute atomic E-state index is 14.1. The molecule has 0 bridgehead atoms. The molecule has 0 spiro atoms. The van der Waals surface area contributed by atoms with Crippen LogP contribution in [0.25, 0.3) is 0 Å². The third-order valence-electron chi connectivity index (χ3n) is 4.35. The molecule has 0 aliphatic carbocycles. The summed E-state index contributed by atoms with van der Waals surface area (Å²) in [7, 11) is 0. The second-order valence-corrected chi connectivity index (χ2v) is 5.91. The molecule has 1 N–H and O–H groups in total. The molecule has 1 aromatic carbocycles. The van der Waals surface area contributed by atoms with E-state index in [1.807, 2.05) is 6.07 Å². The summed E-state index contributed by atoms with van der Waals surface area (Å²) in [6.45, 7) is 4.12. The van der Waals surface area contributed by atoms with E-state index in [2.05, 4.69) is 16.3 Å². The van der Waals surface area contributed by atoms with Crippen molar-refractivity contribution in [3.63, 3.8) is 0 Å². The predicted octanol–water partition coefficient (Wildman–Crippen LogP) is 2.72. The molecule has 0 amide bonds. The smallest absolute Gasteiger partial charge is 0.127 e. The summed E-state index contributed by atoms with van der Waals surface area (Å²) in [5.41, 5.74) is 1.98. The Labute approximate surface area is 115 Å². The van der Waals surface area contributed by atoms with Crippen LogP contribution in [0.1, 0.15) is 36.8 Å². The van der Waals surface area contributed by atoms with Crippen LogP contribution in [0.4, 0.5) is 4.39 Å². The summed E-state index contributed by atoms with van der Waals surface area (Å²) in [4.78, 5) is 2.34. The fraction of sp³-hybridized carbons (Fsp3) is 0.625. The van der Waals surface area contributed by atoms with Crippen LogP contribution in [0.2, 0.25) is 0 Å². The van der Waals surface area contributed by atoms with Gasteiger partial charge in [0, 0.05) is 18.2 Å². The summed E-state index contributed by atoms with van der Waals surface area (Å²) >= 11 is 0. The summed E-state index contributed by atoms with van der Waals surface area (Å²) in [6, 6.07) is 6.38. The number of nitrogens with zero attached hydrogens (tertiary/aromatic N) is 1. The number of likely N-dealkylation sites (tertiary alicyclic amines) is 1. The summed E-state index contributed by atoms with van der Waals surface area (Å²) in [5.74, 6) is -0.0256. The maximum atomic E-state index is 14.1. The van der Waals surface area contributed by atoms with E-state index in [4.69, 9.17) is 0 Å². The molecule has 2 saturated heterocycles. The maximum Gasteiger partial charge on any atom is 0.127 e. The zero-order chi connectivity index (χ0) is 13.1. The van der Waals surface area contributed by atoms with Crippen LogP contribution in [-0.2, 0) is 13.0 Å². The lowest BCUT2D eigenvalue weighted by molar-refractivity contribution is 0.325. The average molecular weight is 262 g/mol. The molecule has 2 aliphatic rings. The van der Waals surface area contributed by atoms with Crippen LogP contribution in [0, 0.1) is 5.82 Å². The minimum atomic E-state index is -0.0256. The van der Waals surface area contributed by atoms with E-state index in [0.717, 1.165) is 43.7 Å². The standard InChI is InChI=1S/C16H23FN2/c17-16-11-13(10-15-4-3-7-18-15)5-6-14(16)12-19-8-1-2-9-19/h5-6,11,15,18H,1-4,7-10,12H2. The van der Waals surface area contributed by atoms with Gasteiger partial charge in [-0.3, -0.25) is 4.90 Å². The average Bonchev–Trinajstić information content (AvgIpc) is 3.05. The van der Waals surface area contributed by atoms with E-state index < -0.39 is 0 Å². The lowest BCUT2D eigenvalue weighted by Crippen LogP contribution is -2.23. The van der Waals surface area contributed by atoms with Gasteiger partial charge >= 0.3 is 0 Å². The van der Waals surface area contributed by atoms with Gasteiger partial charge in [-0.25, -0.2) is 4.39 Å². The van der Waals surface area contributed by atoms with Gasteiger partial charge in [0.2, 0.25) is 0 Å².